The van der Waals surface area contributed by atoms with Crippen molar-refractivity contribution in [1.82, 2.24) is 9.97 Å². The van der Waals surface area contributed by atoms with E-state index in [1.807, 2.05) is 0 Å². The van der Waals surface area contributed by atoms with E-state index in [-0.39, 0.29) is 0 Å². The molecule has 0 saturated carbocycles. The van der Waals surface area contributed by atoms with Gasteiger partial charge in [0.2, 0.25) is 0 Å². The average Bonchev–Trinajstić information content (AvgIpc) is 2.01. The Kier molecular flexibility index (Phi) is 2.65. The van der Waals surface area contributed by atoms with Crippen molar-refractivity contribution < 1.29 is 13.2 Å². The molecule has 0 bridgehead atoms. The van der Waals surface area contributed by atoms with Crippen molar-refractivity contribution >= 4 is 17.6 Å². The molecule has 0 radical (unpaired) electrons. The highest BCUT2D eigenvalue weighted by molar-refractivity contribution is 7.98. The van der Waals surface area contributed by atoms with Gasteiger partial charge in [-0.25, -0.2) is 9.97 Å². The standard InChI is InChI=1S/C6H6F3N3S/c1-13-3-2-11-4(5(10)12-3)6(7,8)9/h2H,1H3,(H2,10,12). The maximum absolute atomic E-state index is 12.1. The van der Waals surface area contributed by atoms with Crippen molar-refractivity contribution in [1.29, 1.82) is 0 Å². The molecule has 7 heteroatoms. The van der Waals surface area contributed by atoms with Crippen molar-refractivity contribution in [3.63, 3.8) is 0 Å². The molecule has 1 aromatic heterocycles. The van der Waals surface area contributed by atoms with Gasteiger partial charge in [0.1, 0.15) is 5.03 Å². The Morgan fingerprint density at radius 3 is 2.46 bits per heavy atom. The third kappa shape index (κ3) is 2.24. The predicted octanol–water partition coefficient (Wildman–Crippen LogP) is 1.80. The van der Waals surface area contributed by atoms with Crippen LogP contribution in [0.2, 0.25) is 0 Å². The molecule has 0 unspecified atom stereocenters. The zero-order valence-corrected chi connectivity index (χ0v) is 7.41. The summed E-state index contributed by atoms with van der Waals surface area (Å²) in [7, 11) is 0. The smallest absolute Gasteiger partial charge is 0.382 e. The Morgan fingerprint density at radius 1 is 1.46 bits per heavy atom. The monoisotopic (exact) mass is 209 g/mol. The van der Waals surface area contributed by atoms with Gasteiger partial charge in [-0.05, 0) is 6.26 Å². The van der Waals surface area contributed by atoms with Crippen LogP contribution in [0.4, 0.5) is 19.0 Å². The van der Waals surface area contributed by atoms with Crippen LogP contribution >= 0.6 is 11.8 Å². The predicted molar refractivity (Wildman–Crippen MR) is 43.2 cm³/mol. The lowest BCUT2D eigenvalue weighted by atomic mass is 10.4. The number of nitrogens with zero attached hydrogens (tertiary/aromatic N) is 2. The van der Waals surface area contributed by atoms with Crippen molar-refractivity contribution in [3.8, 4) is 0 Å². The lowest BCUT2D eigenvalue weighted by Crippen LogP contribution is -2.13. The fourth-order valence-electron chi connectivity index (χ4n) is 0.703. The summed E-state index contributed by atoms with van der Waals surface area (Å²) in [6.07, 6.45) is -1.81. The first-order valence-electron chi connectivity index (χ1n) is 3.19. The summed E-state index contributed by atoms with van der Waals surface area (Å²) in [6, 6.07) is 0. The summed E-state index contributed by atoms with van der Waals surface area (Å²) in [5, 5.41) is 0.366. The van der Waals surface area contributed by atoms with E-state index >= 15 is 0 Å². The largest absolute Gasteiger partial charge is 0.437 e. The van der Waals surface area contributed by atoms with Crippen LogP contribution in [0.5, 0.6) is 0 Å². The Hall–Kier alpha value is -0.980. The molecule has 0 aliphatic rings. The van der Waals surface area contributed by atoms with Crippen LogP contribution in [0.3, 0.4) is 0 Å². The molecule has 1 aromatic rings. The van der Waals surface area contributed by atoms with Crippen LogP contribution in [0.15, 0.2) is 11.2 Å². The SMILES string of the molecule is CSc1cnc(C(F)(F)F)c(N)n1. The third-order valence-electron chi connectivity index (χ3n) is 1.26. The Labute approximate surface area is 76.6 Å². The highest BCUT2D eigenvalue weighted by atomic mass is 32.2. The van der Waals surface area contributed by atoms with Gasteiger partial charge in [-0.3, -0.25) is 0 Å². The molecule has 0 saturated heterocycles. The lowest BCUT2D eigenvalue weighted by molar-refractivity contribution is -0.140. The zero-order valence-electron chi connectivity index (χ0n) is 6.59. The molecule has 0 amide bonds. The van der Waals surface area contributed by atoms with E-state index in [0.29, 0.717) is 5.03 Å². The van der Waals surface area contributed by atoms with Gasteiger partial charge in [0, 0.05) is 0 Å². The maximum atomic E-state index is 12.1. The fourth-order valence-corrected chi connectivity index (χ4v) is 1.05. The topological polar surface area (TPSA) is 51.8 Å². The minimum atomic E-state index is -4.53. The Morgan fingerprint density at radius 2 is 2.08 bits per heavy atom. The average molecular weight is 209 g/mol. The first-order valence-corrected chi connectivity index (χ1v) is 4.41. The highest BCUT2D eigenvalue weighted by Gasteiger charge is 2.35. The Bertz CT molecular complexity index is 312. The van der Waals surface area contributed by atoms with E-state index in [9.17, 15) is 13.2 Å². The molecule has 0 aromatic carbocycles. The van der Waals surface area contributed by atoms with Crippen LogP contribution in [-0.4, -0.2) is 16.2 Å². The van der Waals surface area contributed by atoms with Crippen LogP contribution < -0.4 is 5.73 Å². The number of anilines is 1. The van der Waals surface area contributed by atoms with Crippen molar-refractivity contribution in [2.75, 3.05) is 12.0 Å². The van der Waals surface area contributed by atoms with Gasteiger partial charge in [-0.2, -0.15) is 13.2 Å². The molecule has 0 fully saturated rings. The number of thioether (sulfide) groups is 1. The summed E-state index contributed by atoms with van der Waals surface area (Å²) in [4.78, 5) is 6.70. The fraction of sp³-hybridized carbons (Fsp3) is 0.333. The molecule has 3 nitrogen and oxygen atoms in total. The van der Waals surface area contributed by atoms with Crippen molar-refractivity contribution in [3.05, 3.63) is 11.9 Å². The van der Waals surface area contributed by atoms with E-state index in [1.165, 1.54) is 11.8 Å². The number of rotatable bonds is 1. The van der Waals surface area contributed by atoms with Gasteiger partial charge in [-0.15, -0.1) is 11.8 Å². The number of nitrogen functional groups attached to an aromatic ring is 1. The van der Waals surface area contributed by atoms with E-state index in [1.54, 1.807) is 6.26 Å². The van der Waals surface area contributed by atoms with Gasteiger partial charge in [-0.1, -0.05) is 0 Å². The van der Waals surface area contributed by atoms with Crippen LogP contribution in [0.1, 0.15) is 5.69 Å². The zero-order chi connectivity index (χ0) is 10.1. The molecule has 13 heavy (non-hydrogen) atoms. The van der Waals surface area contributed by atoms with Crippen molar-refractivity contribution in [2.24, 2.45) is 0 Å². The molecule has 0 spiro atoms. The first kappa shape index (κ1) is 10.1. The van der Waals surface area contributed by atoms with Gasteiger partial charge in [0.05, 0.1) is 6.20 Å². The highest BCUT2D eigenvalue weighted by Crippen LogP contribution is 2.31. The quantitative estimate of drug-likeness (QED) is 0.716. The summed E-state index contributed by atoms with van der Waals surface area (Å²) >= 11 is 1.18. The summed E-state index contributed by atoms with van der Waals surface area (Å²) in [5.41, 5.74) is 3.94. The van der Waals surface area contributed by atoms with E-state index in [0.717, 1.165) is 6.20 Å². The molecule has 0 aliphatic carbocycles. The molecular formula is C6H6F3N3S. The molecule has 1 heterocycles. The van der Waals surface area contributed by atoms with E-state index in [2.05, 4.69) is 9.97 Å². The number of alkyl halides is 3. The van der Waals surface area contributed by atoms with Crippen LogP contribution in [0, 0.1) is 0 Å². The van der Waals surface area contributed by atoms with Crippen LogP contribution in [0.25, 0.3) is 0 Å². The number of hydrogen-bond donors (Lipinski definition) is 1. The minimum absolute atomic E-state index is 0.366. The second-order valence-corrected chi connectivity index (χ2v) is 2.97. The summed E-state index contributed by atoms with van der Waals surface area (Å²) < 4.78 is 36.3. The number of nitrogens with two attached hydrogens (primary N) is 1. The summed E-state index contributed by atoms with van der Waals surface area (Å²) in [6.45, 7) is 0. The van der Waals surface area contributed by atoms with E-state index < -0.39 is 17.7 Å². The number of aromatic nitrogens is 2. The number of hydrogen-bond acceptors (Lipinski definition) is 4. The molecule has 2 N–H and O–H groups in total. The molecular weight excluding hydrogens is 203 g/mol. The lowest BCUT2D eigenvalue weighted by Gasteiger charge is -2.07. The molecule has 0 aliphatic heterocycles. The molecule has 0 atom stereocenters. The number of halogens is 3. The second-order valence-electron chi connectivity index (χ2n) is 2.14. The van der Waals surface area contributed by atoms with Gasteiger partial charge >= 0.3 is 6.18 Å². The molecule has 72 valence electrons. The summed E-state index contributed by atoms with van der Waals surface area (Å²) in [5.74, 6) is -0.584. The Balaban J connectivity index is 3.13. The third-order valence-corrected chi connectivity index (χ3v) is 1.87. The van der Waals surface area contributed by atoms with Gasteiger partial charge in [0.15, 0.2) is 11.5 Å². The van der Waals surface area contributed by atoms with Gasteiger partial charge < -0.3 is 5.73 Å². The second kappa shape index (κ2) is 3.41. The first-order chi connectivity index (χ1) is 5.95. The molecule has 1 rings (SSSR count). The maximum Gasteiger partial charge on any atom is 0.437 e. The van der Waals surface area contributed by atoms with Crippen molar-refractivity contribution in [2.45, 2.75) is 11.2 Å². The van der Waals surface area contributed by atoms with Gasteiger partial charge in [0.25, 0.3) is 0 Å². The van der Waals surface area contributed by atoms with E-state index in [4.69, 9.17) is 5.73 Å². The van der Waals surface area contributed by atoms with Crippen LogP contribution in [-0.2, 0) is 6.18 Å². The minimum Gasteiger partial charge on any atom is -0.382 e. The normalized spacial score (nSPS) is 11.7.